The predicted molar refractivity (Wildman–Crippen MR) is 143 cm³/mol. The van der Waals surface area contributed by atoms with Crippen LogP contribution in [-0.4, -0.2) is 56.9 Å². The fourth-order valence-electron chi connectivity index (χ4n) is 5.00. The summed E-state index contributed by atoms with van der Waals surface area (Å²) in [6, 6.07) is 9.71. The molecule has 4 aromatic rings. The highest BCUT2D eigenvalue weighted by atomic mass is 32.1. The third-order valence-electron chi connectivity index (χ3n) is 6.85. The van der Waals surface area contributed by atoms with Crippen LogP contribution >= 0.6 is 22.7 Å². The molecule has 0 bridgehead atoms. The van der Waals surface area contributed by atoms with E-state index in [0.29, 0.717) is 12.1 Å². The van der Waals surface area contributed by atoms with Crippen LogP contribution in [0, 0.1) is 0 Å². The van der Waals surface area contributed by atoms with E-state index >= 15 is 0 Å². The molecule has 0 saturated carbocycles. The van der Waals surface area contributed by atoms with Crippen molar-refractivity contribution in [1.29, 1.82) is 0 Å². The van der Waals surface area contributed by atoms with Gasteiger partial charge < -0.3 is 9.97 Å². The Balaban J connectivity index is 0.00000117. The van der Waals surface area contributed by atoms with Crippen molar-refractivity contribution in [3.63, 3.8) is 0 Å². The first-order valence-corrected chi connectivity index (χ1v) is 14.0. The first-order valence-electron chi connectivity index (χ1n) is 12.4. The van der Waals surface area contributed by atoms with Gasteiger partial charge in [0.15, 0.2) is 0 Å². The van der Waals surface area contributed by atoms with Crippen molar-refractivity contribution in [2.45, 2.75) is 51.6 Å². The van der Waals surface area contributed by atoms with Gasteiger partial charge in [-0.25, -0.2) is 9.97 Å². The van der Waals surface area contributed by atoms with E-state index in [1.54, 1.807) is 0 Å². The van der Waals surface area contributed by atoms with Gasteiger partial charge in [0.2, 0.25) is 0 Å². The smallest absolute Gasteiger partial charge is 0.123 e. The summed E-state index contributed by atoms with van der Waals surface area (Å²) in [4.78, 5) is 26.4. The molecule has 0 amide bonds. The van der Waals surface area contributed by atoms with Gasteiger partial charge >= 0.3 is 0 Å². The van der Waals surface area contributed by atoms with Crippen molar-refractivity contribution in [1.82, 2.24) is 29.7 Å². The maximum Gasteiger partial charge on any atom is 0.123 e. The third kappa shape index (κ3) is 4.52. The quantitative estimate of drug-likeness (QED) is 0.320. The first kappa shape index (κ1) is 23.5. The Labute approximate surface area is 210 Å². The maximum atomic E-state index is 4.69. The highest BCUT2D eigenvalue weighted by Crippen LogP contribution is 2.40. The molecule has 2 fully saturated rings. The minimum atomic E-state index is 0.423. The van der Waals surface area contributed by atoms with E-state index < -0.39 is 0 Å². The van der Waals surface area contributed by atoms with Gasteiger partial charge in [0, 0.05) is 9.75 Å². The summed E-state index contributed by atoms with van der Waals surface area (Å²) in [5, 5.41) is 0. The molecule has 2 aliphatic rings. The number of nitrogens with zero attached hydrogens (tertiary/aromatic N) is 4. The Kier molecular flexibility index (Phi) is 7.01. The SMILES string of the molecule is CC.CN1CCC[C@@H]1c1ncc(-c2ccc(-c3ccc(-c4cnc([C@H]5CCCN5C)[nH]4)s3)s2)[nH]1. The zero-order valence-electron chi connectivity index (χ0n) is 20.5. The van der Waals surface area contributed by atoms with Crippen LogP contribution in [0.4, 0.5) is 0 Å². The number of hydrogen-bond acceptors (Lipinski definition) is 6. The molecule has 2 aliphatic heterocycles. The molecule has 2 N–H and O–H groups in total. The summed E-state index contributed by atoms with van der Waals surface area (Å²) in [6.45, 7) is 6.31. The summed E-state index contributed by atoms with van der Waals surface area (Å²) in [6.07, 6.45) is 8.84. The normalized spacial score (nSPS) is 21.2. The van der Waals surface area contributed by atoms with Gasteiger partial charge in [-0.05, 0) is 77.1 Å². The number of aromatic amines is 2. The second-order valence-electron chi connectivity index (χ2n) is 8.97. The Morgan fingerprint density at radius 2 is 1.12 bits per heavy atom. The Bertz CT molecular complexity index is 1120. The van der Waals surface area contributed by atoms with Crippen LogP contribution in [-0.2, 0) is 0 Å². The number of rotatable bonds is 5. The molecule has 0 aromatic carbocycles. The summed E-state index contributed by atoms with van der Waals surface area (Å²) in [5.74, 6) is 2.19. The predicted octanol–water partition coefficient (Wildman–Crippen LogP) is 6.82. The zero-order chi connectivity index (χ0) is 23.7. The summed E-state index contributed by atoms with van der Waals surface area (Å²) in [5.41, 5.74) is 2.24. The highest BCUT2D eigenvalue weighted by Gasteiger charge is 2.26. The fraction of sp³-hybridized carbons (Fsp3) is 0.462. The van der Waals surface area contributed by atoms with Crippen LogP contribution in [0.5, 0.6) is 0 Å². The van der Waals surface area contributed by atoms with Gasteiger partial charge in [-0.2, -0.15) is 0 Å². The molecule has 2 saturated heterocycles. The number of H-pyrrole nitrogens is 2. The monoisotopic (exact) mass is 494 g/mol. The second kappa shape index (κ2) is 10.2. The molecular formula is C26H34N6S2. The Hall–Kier alpha value is -2.26. The number of likely N-dealkylation sites (tertiary alicyclic amines) is 2. The number of hydrogen-bond donors (Lipinski definition) is 2. The molecule has 2 atom stereocenters. The second-order valence-corrected chi connectivity index (χ2v) is 11.1. The molecule has 4 aromatic heterocycles. The number of nitrogens with one attached hydrogen (secondary N) is 2. The summed E-state index contributed by atoms with van der Waals surface area (Å²) < 4.78 is 0. The van der Waals surface area contributed by atoms with E-state index in [0.717, 1.165) is 36.1 Å². The van der Waals surface area contributed by atoms with Crippen LogP contribution in [0.3, 0.4) is 0 Å². The lowest BCUT2D eigenvalue weighted by molar-refractivity contribution is 0.307. The lowest BCUT2D eigenvalue weighted by Crippen LogP contribution is -2.18. The molecule has 0 radical (unpaired) electrons. The molecular weight excluding hydrogens is 460 g/mol. The van der Waals surface area contributed by atoms with E-state index in [9.17, 15) is 0 Å². The van der Waals surface area contributed by atoms with Gasteiger partial charge in [0.05, 0.1) is 45.6 Å². The van der Waals surface area contributed by atoms with Gasteiger partial charge in [-0.1, -0.05) is 13.8 Å². The molecule has 6 heterocycles. The van der Waals surface area contributed by atoms with Crippen LogP contribution < -0.4 is 0 Å². The standard InChI is InChI=1S/C24H28N6S2.C2H6/c1-29-11-3-5-17(29)23-25-13-15(27-23)19-7-9-21(31-19)22-10-8-20(32-22)16-14-26-24(28-16)18-6-4-12-30(18)2;1-2/h7-10,13-14,17-18H,3-6,11-12H2,1-2H3,(H,25,27)(H,26,28);1-2H3/t17-,18-;/m1./s1. The topological polar surface area (TPSA) is 63.8 Å². The van der Waals surface area contributed by atoms with Crippen LogP contribution in [0.1, 0.15) is 63.3 Å². The minimum Gasteiger partial charge on any atom is -0.340 e. The van der Waals surface area contributed by atoms with E-state index in [1.807, 2.05) is 48.9 Å². The van der Waals surface area contributed by atoms with Crippen LogP contribution in [0.15, 0.2) is 36.7 Å². The zero-order valence-corrected chi connectivity index (χ0v) is 22.1. The highest BCUT2D eigenvalue weighted by molar-refractivity contribution is 7.25. The maximum absolute atomic E-state index is 4.69. The van der Waals surface area contributed by atoms with Crippen molar-refractivity contribution in [2.24, 2.45) is 0 Å². The van der Waals surface area contributed by atoms with Gasteiger partial charge in [0.25, 0.3) is 0 Å². The third-order valence-corrected chi connectivity index (χ3v) is 9.28. The van der Waals surface area contributed by atoms with Crippen molar-refractivity contribution in [2.75, 3.05) is 27.2 Å². The van der Waals surface area contributed by atoms with E-state index in [2.05, 4.69) is 68.1 Å². The molecule has 180 valence electrons. The number of imidazole rings is 2. The molecule has 0 aliphatic carbocycles. The average Bonchev–Trinajstić information content (AvgIpc) is 3.67. The largest absolute Gasteiger partial charge is 0.340 e. The molecule has 0 unspecified atom stereocenters. The lowest BCUT2D eigenvalue weighted by atomic mass is 10.2. The van der Waals surface area contributed by atoms with Gasteiger partial charge in [-0.3, -0.25) is 9.80 Å². The molecule has 34 heavy (non-hydrogen) atoms. The van der Waals surface area contributed by atoms with Crippen LogP contribution in [0.25, 0.3) is 30.9 Å². The van der Waals surface area contributed by atoms with Crippen molar-refractivity contribution >= 4 is 22.7 Å². The van der Waals surface area contributed by atoms with E-state index in [4.69, 9.17) is 0 Å². The van der Waals surface area contributed by atoms with Crippen LogP contribution in [0.2, 0.25) is 0 Å². The van der Waals surface area contributed by atoms with Gasteiger partial charge in [-0.15, -0.1) is 22.7 Å². The van der Waals surface area contributed by atoms with E-state index in [1.165, 1.54) is 45.2 Å². The Morgan fingerprint density at radius 3 is 1.50 bits per heavy atom. The fourth-order valence-corrected chi connectivity index (χ4v) is 7.04. The molecule has 6 rings (SSSR count). The summed E-state index contributed by atoms with van der Waals surface area (Å²) >= 11 is 3.65. The molecule has 6 nitrogen and oxygen atoms in total. The van der Waals surface area contributed by atoms with Gasteiger partial charge in [0.1, 0.15) is 11.6 Å². The Morgan fingerprint density at radius 1 is 0.706 bits per heavy atom. The van der Waals surface area contributed by atoms with Crippen molar-refractivity contribution < 1.29 is 0 Å². The number of aromatic nitrogens is 4. The summed E-state index contributed by atoms with van der Waals surface area (Å²) in [7, 11) is 4.37. The minimum absolute atomic E-state index is 0.423. The number of thiophene rings is 2. The molecule has 0 spiro atoms. The lowest BCUT2D eigenvalue weighted by Gasteiger charge is -2.16. The average molecular weight is 495 g/mol. The molecule has 8 heteroatoms. The van der Waals surface area contributed by atoms with E-state index in [-0.39, 0.29) is 0 Å². The van der Waals surface area contributed by atoms with Crippen molar-refractivity contribution in [3.05, 3.63) is 48.3 Å². The van der Waals surface area contributed by atoms with Crippen molar-refractivity contribution in [3.8, 4) is 30.9 Å². The first-order chi connectivity index (χ1) is 16.7.